The molecule has 5 heteroatoms. The second kappa shape index (κ2) is 6.42. The van der Waals surface area contributed by atoms with Gasteiger partial charge in [-0.25, -0.2) is 0 Å². The Hall–Kier alpha value is -2.33. The lowest BCUT2D eigenvalue weighted by atomic mass is 10.1. The summed E-state index contributed by atoms with van der Waals surface area (Å²) in [5.74, 6) is -0.224. The molecule has 4 nitrogen and oxygen atoms in total. The average Bonchev–Trinajstić information content (AvgIpc) is 2.78. The number of nitrogens with zero attached hydrogens (tertiary/aromatic N) is 1. The number of aryl methyl sites for hydroxylation is 1. The molecule has 2 aromatic carbocycles. The molecule has 0 atom stereocenters. The topological polar surface area (TPSA) is 46.6 Å². The molecule has 0 bridgehead atoms. The summed E-state index contributed by atoms with van der Waals surface area (Å²) in [7, 11) is 0. The highest BCUT2D eigenvalue weighted by Gasteiger charge is 2.36. The Morgan fingerprint density at radius 3 is 2.70 bits per heavy atom. The van der Waals surface area contributed by atoms with Gasteiger partial charge in [-0.05, 0) is 43.2 Å². The van der Waals surface area contributed by atoms with Crippen molar-refractivity contribution in [3.05, 3.63) is 58.6 Å². The molecule has 118 valence electrons. The first kappa shape index (κ1) is 15.6. The molecule has 0 saturated heterocycles. The minimum absolute atomic E-state index is 0.377. The number of benzene rings is 2. The Bertz CT molecular complexity index is 773. The number of para-hydroxylation sites is 1. The minimum atomic E-state index is -0.524. The van der Waals surface area contributed by atoms with Crippen LogP contribution in [0.5, 0.6) is 5.75 Å². The normalized spacial score (nSPS) is 13.4. The van der Waals surface area contributed by atoms with E-state index in [4.69, 9.17) is 16.3 Å². The van der Waals surface area contributed by atoms with Crippen molar-refractivity contribution < 1.29 is 14.3 Å². The molecule has 0 aliphatic carbocycles. The number of ether oxygens (including phenoxy) is 1. The number of carbonyl (C=O) groups excluding carboxylic acids is 2. The zero-order chi connectivity index (χ0) is 16.4. The van der Waals surface area contributed by atoms with E-state index >= 15 is 0 Å². The molecule has 0 radical (unpaired) electrons. The summed E-state index contributed by atoms with van der Waals surface area (Å²) >= 11 is 6.14. The van der Waals surface area contributed by atoms with E-state index in [9.17, 15) is 9.59 Å². The lowest BCUT2D eigenvalue weighted by molar-refractivity contribution is -0.114. The van der Waals surface area contributed by atoms with Crippen molar-refractivity contribution in [1.29, 1.82) is 0 Å². The smallest absolute Gasteiger partial charge is 0.299 e. The molecule has 0 spiro atoms. The average molecular weight is 330 g/mol. The van der Waals surface area contributed by atoms with Crippen molar-refractivity contribution in [2.24, 2.45) is 0 Å². The number of anilines is 1. The van der Waals surface area contributed by atoms with Crippen molar-refractivity contribution in [1.82, 2.24) is 0 Å². The van der Waals surface area contributed by atoms with Crippen LogP contribution in [0.15, 0.2) is 42.5 Å². The maximum atomic E-state index is 12.1. The van der Waals surface area contributed by atoms with Crippen molar-refractivity contribution in [2.45, 2.75) is 13.3 Å². The van der Waals surface area contributed by atoms with E-state index < -0.39 is 11.7 Å². The number of carbonyl (C=O) groups is 2. The summed E-state index contributed by atoms with van der Waals surface area (Å²) in [4.78, 5) is 25.5. The highest BCUT2D eigenvalue weighted by molar-refractivity contribution is 6.54. The molecule has 0 fully saturated rings. The third-order valence-corrected chi connectivity index (χ3v) is 4.03. The maximum absolute atomic E-state index is 12.1. The van der Waals surface area contributed by atoms with Crippen molar-refractivity contribution >= 4 is 29.0 Å². The van der Waals surface area contributed by atoms with Gasteiger partial charge in [0.2, 0.25) is 0 Å². The number of Topliss-reactive ketones (excluding diaryl/α,β-unsaturated/α-hetero) is 1. The van der Waals surface area contributed by atoms with Gasteiger partial charge in [-0.15, -0.1) is 0 Å². The predicted molar refractivity (Wildman–Crippen MR) is 89.4 cm³/mol. The predicted octanol–water partition coefficient (Wildman–Crippen LogP) is 3.65. The Morgan fingerprint density at radius 2 is 1.91 bits per heavy atom. The van der Waals surface area contributed by atoms with Gasteiger partial charge in [0.25, 0.3) is 11.7 Å². The van der Waals surface area contributed by atoms with Crippen LogP contribution in [0, 0.1) is 6.92 Å². The Labute approximate surface area is 139 Å². The highest BCUT2D eigenvalue weighted by Crippen LogP contribution is 2.35. The summed E-state index contributed by atoms with van der Waals surface area (Å²) in [5.41, 5.74) is 2.02. The van der Waals surface area contributed by atoms with Gasteiger partial charge in [-0.2, -0.15) is 0 Å². The monoisotopic (exact) mass is 329 g/mol. The van der Waals surface area contributed by atoms with Crippen LogP contribution >= 0.6 is 11.6 Å². The number of rotatable bonds is 5. The van der Waals surface area contributed by atoms with Crippen LogP contribution in [0.25, 0.3) is 0 Å². The van der Waals surface area contributed by atoms with E-state index in [1.54, 1.807) is 18.2 Å². The molecular formula is C18H16ClNO3. The highest BCUT2D eigenvalue weighted by atomic mass is 35.5. The fourth-order valence-corrected chi connectivity index (χ4v) is 2.92. The fourth-order valence-electron chi connectivity index (χ4n) is 2.64. The summed E-state index contributed by atoms with van der Waals surface area (Å²) in [6, 6.07) is 12.8. The quantitative estimate of drug-likeness (QED) is 0.621. The van der Waals surface area contributed by atoms with Gasteiger partial charge < -0.3 is 9.64 Å². The van der Waals surface area contributed by atoms with Crippen LogP contribution in [0.3, 0.4) is 0 Å². The second-order valence-corrected chi connectivity index (χ2v) is 5.85. The zero-order valence-electron chi connectivity index (χ0n) is 12.7. The SMILES string of the molecule is Cc1cccc(OCCCN2C(=O)C(=O)c3cccc(Cl)c32)c1. The van der Waals surface area contributed by atoms with Crippen LogP contribution in [-0.2, 0) is 4.79 Å². The van der Waals surface area contributed by atoms with Crippen LogP contribution in [0.2, 0.25) is 5.02 Å². The summed E-state index contributed by atoms with van der Waals surface area (Å²) < 4.78 is 5.67. The zero-order valence-corrected chi connectivity index (χ0v) is 13.5. The van der Waals surface area contributed by atoms with Crippen molar-refractivity contribution in [3.8, 4) is 5.75 Å². The van der Waals surface area contributed by atoms with E-state index in [0.29, 0.717) is 35.8 Å². The standard InChI is InChI=1S/C18H16ClNO3/c1-12-5-2-6-13(11-12)23-10-4-9-20-16-14(17(21)18(20)22)7-3-8-15(16)19/h2-3,5-8,11H,4,9-10H2,1H3. The number of hydrogen-bond donors (Lipinski definition) is 0. The second-order valence-electron chi connectivity index (χ2n) is 5.44. The van der Waals surface area contributed by atoms with E-state index in [1.165, 1.54) is 4.90 Å². The largest absolute Gasteiger partial charge is 0.494 e. The minimum Gasteiger partial charge on any atom is -0.494 e. The van der Waals surface area contributed by atoms with E-state index in [2.05, 4.69) is 0 Å². The molecule has 23 heavy (non-hydrogen) atoms. The number of amides is 1. The molecule has 0 unspecified atom stereocenters. The molecule has 1 aliphatic rings. The lowest BCUT2D eigenvalue weighted by Crippen LogP contribution is -2.31. The van der Waals surface area contributed by atoms with Gasteiger partial charge in [0.1, 0.15) is 5.75 Å². The lowest BCUT2D eigenvalue weighted by Gasteiger charge is -2.17. The molecule has 0 aromatic heterocycles. The fraction of sp³-hybridized carbons (Fsp3) is 0.222. The Kier molecular flexibility index (Phi) is 4.35. The van der Waals surface area contributed by atoms with Crippen molar-refractivity contribution in [3.63, 3.8) is 0 Å². The first-order chi connectivity index (χ1) is 11.1. The number of halogens is 1. The van der Waals surface area contributed by atoms with Gasteiger partial charge in [0, 0.05) is 6.54 Å². The summed E-state index contributed by atoms with van der Waals surface area (Å²) in [5, 5.41) is 0.418. The molecule has 1 heterocycles. The molecule has 2 aromatic rings. The molecule has 0 N–H and O–H groups in total. The van der Waals surface area contributed by atoms with Crippen LogP contribution in [0.1, 0.15) is 22.3 Å². The van der Waals surface area contributed by atoms with Crippen LogP contribution < -0.4 is 9.64 Å². The summed E-state index contributed by atoms with van der Waals surface area (Å²) in [6.45, 7) is 2.86. The first-order valence-corrected chi connectivity index (χ1v) is 7.80. The van der Waals surface area contributed by atoms with Crippen LogP contribution in [-0.4, -0.2) is 24.8 Å². The number of hydrogen-bond acceptors (Lipinski definition) is 3. The van der Waals surface area contributed by atoms with E-state index in [-0.39, 0.29) is 0 Å². The Morgan fingerprint density at radius 1 is 1.13 bits per heavy atom. The number of fused-ring (bicyclic) bond motifs is 1. The van der Waals surface area contributed by atoms with Gasteiger partial charge in [0.05, 0.1) is 22.9 Å². The maximum Gasteiger partial charge on any atom is 0.299 e. The molecule has 1 aliphatic heterocycles. The van der Waals surface area contributed by atoms with Gasteiger partial charge in [0.15, 0.2) is 0 Å². The Balaban J connectivity index is 1.63. The third kappa shape index (κ3) is 3.08. The molecule has 3 rings (SSSR count). The molecular weight excluding hydrogens is 314 g/mol. The molecule has 1 amide bonds. The third-order valence-electron chi connectivity index (χ3n) is 3.73. The van der Waals surface area contributed by atoms with Gasteiger partial charge in [-0.1, -0.05) is 29.8 Å². The number of ketones is 1. The molecule has 0 saturated carbocycles. The van der Waals surface area contributed by atoms with Crippen LogP contribution in [0.4, 0.5) is 5.69 Å². The van der Waals surface area contributed by atoms with E-state index in [0.717, 1.165) is 11.3 Å². The van der Waals surface area contributed by atoms with Crippen molar-refractivity contribution in [2.75, 3.05) is 18.1 Å². The summed E-state index contributed by atoms with van der Waals surface area (Å²) in [6.07, 6.45) is 0.609. The van der Waals surface area contributed by atoms with E-state index in [1.807, 2.05) is 31.2 Å². The van der Waals surface area contributed by atoms with Gasteiger partial charge in [-0.3, -0.25) is 9.59 Å². The van der Waals surface area contributed by atoms with Gasteiger partial charge >= 0.3 is 0 Å². The first-order valence-electron chi connectivity index (χ1n) is 7.42.